The van der Waals surface area contributed by atoms with Gasteiger partial charge in [0.15, 0.2) is 0 Å². The Labute approximate surface area is 232 Å². The summed E-state index contributed by atoms with van der Waals surface area (Å²) < 4.78 is 6.99. The molecule has 0 bridgehead atoms. The number of aryl methyl sites for hydroxylation is 1. The van der Waals surface area contributed by atoms with Crippen LogP contribution >= 0.6 is 0 Å². The van der Waals surface area contributed by atoms with E-state index >= 15 is 0 Å². The first-order valence-corrected chi connectivity index (χ1v) is 14.8. The summed E-state index contributed by atoms with van der Waals surface area (Å²) in [6.07, 6.45) is 14.2. The average molecular weight is 543 g/mol. The van der Waals surface area contributed by atoms with Crippen LogP contribution in [0, 0.1) is 0 Å². The van der Waals surface area contributed by atoms with Gasteiger partial charge in [0.25, 0.3) is 0 Å². The lowest BCUT2D eigenvalue weighted by Crippen LogP contribution is -2.42. The zero-order valence-corrected chi connectivity index (χ0v) is 23.4. The molecule has 1 saturated carbocycles. The molecule has 3 heterocycles. The molecule has 2 fully saturated rings. The summed E-state index contributed by atoms with van der Waals surface area (Å²) in [4.78, 5) is 22.6. The van der Waals surface area contributed by atoms with E-state index in [0.29, 0.717) is 32.2 Å². The van der Waals surface area contributed by atoms with Crippen LogP contribution in [0.3, 0.4) is 0 Å². The van der Waals surface area contributed by atoms with Gasteiger partial charge in [0, 0.05) is 37.9 Å². The second kappa shape index (κ2) is 16.2. The molecule has 2 aromatic rings. The van der Waals surface area contributed by atoms with Gasteiger partial charge >= 0.3 is 6.09 Å². The van der Waals surface area contributed by atoms with E-state index in [9.17, 15) is 4.79 Å². The molecule has 216 valence electrons. The van der Waals surface area contributed by atoms with E-state index in [1.165, 1.54) is 38.5 Å². The summed E-state index contributed by atoms with van der Waals surface area (Å²) in [5, 5.41) is 22.5. The van der Waals surface area contributed by atoms with Crippen LogP contribution in [0.1, 0.15) is 70.4 Å². The van der Waals surface area contributed by atoms with Gasteiger partial charge in [0.05, 0.1) is 19.3 Å². The second-order valence-corrected chi connectivity index (χ2v) is 10.4. The number of carbonyl (C=O) groups is 1. The van der Waals surface area contributed by atoms with Crippen LogP contribution in [0.2, 0.25) is 0 Å². The molecule has 1 aliphatic heterocycles. The molecule has 1 aliphatic carbocycles. The number of amides is 1. The Morgan fingerprint density at radius 3 is 2.69 bits per heavy atom. The Bertz CT molecular complexity index is 973. The highest BCUT2D eigenvalue weighted by Gasteiger charge is 2.23. The molecule has 1 saturated heterocycles. The molecule has 4 rings (SSSR count). The quantitative estimate of drug-likeness (QED) is 0.249. The van der Waals surface area contributed by atoms with E-state index < -0.39 is 0 Å². The minimum atomic E-state index is -0.230. The molecule has 0 radical (unpaired) electrons. The molecule has 1 amide bonds. The van der Waals surface area contributed by atoms with Gasteiger partial charge in [-0.25, -0.2) is 9.78 Å². The molecule has 0 spiro atoms. The van der Waals surface area contributed by atoms with Gasteiger partial charge in [0.2, 0.25) is 5.95 Å². The number of hydrogen-bond donors (Lipinski definition) is 4. The number of carbonyl (C=O) groups excluding carboxylic acids is 1. The van der Waals surface area contributed by atoms with Gasteiger partial charge in [0.1, 0.15) is 11.5 Å². The van der Waals surface area contributed by atoms with Crippen LogP contribution in [-0.4, -0.2) is 87.4 Å². The smallest absolute Gasteiger partial charge is 0.409 e. The molecular weight excluding hydrogens is 496 g/mol. The summed E-state index contributed by atoms with van der Waals surface area (Å²) >= 11 is 0. The Hall–Kier alpha value is -2.99. The number of anilines is 2. The summed E-state index contributed by atoms with van der Waals surface area (Å²) in [7, 11) is 0. The first kappa shape index (κ1) is 29.0. The van der Waals surface area contributed by atoms with Crippen LogP contribution in [-0.2, 0) is 17.8 Å². The van der Waals surface area contributed by atoms with Crippen molar-refractivity contribution in [1.82, 2.24) is 40.5 Å². The normalized spacial score (nSPS) is 16.8. The maximum absolute atomic E-state index is 11.9. The van der Waals surface area contributed by atoms with Crippen LogP contribution in [0.4, 0.5) is 16.6 Å². The number of hydrogen-bond acceptors (Lipinski definition) is 10. The van der Waals surface area contributed by atoms with E-state index in [1.54, 1.807) is 11.1 Å². The number of piperidine rings is 1. The third kappa shape index (κ3) is 10.2. The predicted molar refractivity (Wildman–Crippen MR) is 152 cm³/mol. The van der Waals surface area contributed by atoms with Crippen molar-refractivity contribution in [2.24, 2.45) is 0 Å². The maximum Gasteiger partial charge on any atom is 0.409 e. The topological polar surface area (TPSA) is 134 Å². The summed E-state index contributed by atoms with van der Waals surface area (Å²) in [6.45, 7) is 8.06. The molecule has 0 unspecified atom stereocenters. The van der Waals surface area contributed by atoms with Gasteiger partial charge in [-0.05, 0) is 71.1 Å². The zero-order chi connectivity index (χ0) is 27.1. The SMILES string of the molecule is CCOC(=O)N1CCC(Nc2ccnc(NCc3cn(CCCNCCCNC4CCCCC4)nn3)n2)CC1. The van der Waals surface area contributed by atoms with E-state index in [2.05, 4.69) is 41.5 Å². The lowest BCUT2D eigenvalue weighted by molar-refractivity contribution is 0.0983. The largest absolute Gasteiger partial charge is 0.450 e. The minimum Gasteiger partial charge on any atom is -0.450 e. The average Bonchev–Trinajstić information content (AvgIpc) is 3.42. The Balaban J connectivity index is 1.07. The highest BCUT2D eigenvalue weighted by Crippen LogP contribution is 2.18. The number of nitrogens with zero attached hydrogens (tertiary/aromatic N) is 6. The summed E-state index contributed by atoms with van der Waals surface area (Å²) in [5.74, 6) is 1.31. The Morgan fingerprint density at radius 2 is 1.87 bits per heavy atom. The van der Waals surface area contributed by atoms with Gasteiger partial charge in [-0.15, -0.1) is 5.10 Å². The molecule has 39 heavy (non-hydrogen) atoms. The van der Waals surface area contributed by atoms with Crippen molar-refractivity contribution in [1.29, 1.82) is 0 Å². The van der Waals surface area contributed by atoms with Crippen LogP contribution < -0.4 is 21.3 Å². The number of nitrogens with one attached hydrogen (secondary N) is 4. The van der Waals surface area contributed by atoms with Crippen molar-refractivity contribution in [2.75, 3.05) is 50.0 Å². The highest BCUT2D eigenvalue weighted by molar-refractivity contribution is 5.67. The van der Waals surface area contributed by atoms with Crippen molar-refractivity contribution in [3.05, 3.63) is 24.2 Å². The van der Waals surface area contributed by atoms with E-state index in [-0.39, 0.29) is 12.1 Å². The third-order valence-corrected chi connectivity index (χ3v) is 7.35. The summed E-state index contributed by atoms with van der Waals surface area (Å²) in [6, 6.07) is 2.86. The minimum absolute atomic E-state index is 0.230. The summed E-state index contributed by atoms with van der Waals surface area (Å²) in [5.41, 5.74) is 0.852. The molecule has 12 heteroatoms. The lowest BCUT2D eigenvalue weighted by Gasteiger charge is -2.31. The highest BCUT2D eigenvalue weighted by atomic mass is 16.6. The van der Waals surface area contributed by atoms with Gasteiger partial charge < -0.3 is 30.9 Å². The van der Waals surface area contributed by atoms with Crippen molar-refractivity contribution in [3.8, 4) is 0 Å². The van der Waals surface area contributed by atoms with Crippen LogP contribution in [0.5, 0.6) is 0 Å². The standard InChI is InChI=1S/C27H46N10O2/c1-2-39-27(38)36-18-11-23(12-19-36)32-25-10-16-30-26(33-25)31-20-24-21-37(35-34-24)17-7-14-28-13-6-15-29-22-8-4-3-5-9-22/h10,16,21-23,28-29H,2-9,11-15,17-20H2,1H3,(H2,30,31,32,33). The van der Waals surface area contributed by atoms with Crippen molar-refractivity contribution < 1.29 is 9.53 Å². The maximum atomic E-state index is 11.9. The molecule has 0 atom stereocenters. The van der Waals surface area contributed by atoms with Crippen molar-refractivity contribution in [3.63, 3.8) is 0 Å². The molecule has 2 aliphatic rings. The van der Waals surface area contributed by atoms with Gasteiger partial charge in [-0.3, -0.25) is 4.68 Å². The number of aromatic nitrogens is 5. The van der Waals surface area contributed by atoms with Crippen molar-refractivity contribution >= 4 is 17.9 Å². The van der Waals surface area contributed by atoms with E-state index in [4.69, 9.17) is 4.74 Å². The fraction of sp³-hybridized carbons (Fsp3) is 0.741. The zero-order valence-electron chi connectivity index (χ0n) is 23.4. The van der Waals surface area contributed by atoms with E-state index in [1.807, 2.05) is 23.9 Å². The monoisotopic (exact) mass is 542 g/mol. The number of rotatable bonds is 15. The fourth-order valence-electron chi connectivity index (χ4n) is 5.17. The second-order valence-electron chi connectivity index (χ2n) is 10.4. The molecule has 4 N–H and O–H groups in total. The number of ether oxygens (including phenoxy) is 1. The Morgan fingerprint density at radius 1 is 1.05 bits per heavy atom. The van der Waals surface area contributed by atoms with Crippen LogP contribution in [0.15, 0.2) is 18.5 Å². The molecule has 12 nitrogen and oxygen atoms in total. The lowest BCUT2D eigenvalue weighted by atomic mass is 9.95. The van der Waals surface area contributed by atoms with Gasteiger partial charge in [-0.2, -0.15) is 4.98 Å². The van der Waals surface area contributed by atoms with Crippen molar-refractivity contribution in [2.45, 2.75) is 89.9 Å². The number of likely N-dealkylation sites (tertiary alicyclic amines) is 1. The molecular formula is C27H46N10O2. The first-order valence-electron chi connectivity index (χ1n) is 14.8. The Kier molecular flexibility index (Phi) is 12.0. The fourth-order valence-corrected chi connectivity index (χ4v) is 5.17. The van der Waals surface area contributed by atoms with E-state index in [0.717, 1.165) is 63.0 Å². The predicted octanol–water partition coefficient (Wildman–Crippen LogP) is 3.01. The van der Waals surface area contributed by atoms with Crippen LogP contribution in [0.25, 0.3) is 0 Å². The third-order valence-electron chi connectivity index (χ3n) is 7.35. The first-order chi connectivity index (χ1) is 19.2. The molecule has 0 aromatic carbocycles. The van der Waals surface area contributed by atoms with Gasteiger partial charge in [-0.1, -0.05) is 24.5 Å². The molecule has 2 aromatic heterocycles.